The molecule has 0 saturated carbocycles. The fourth-order valence-corrected chi connectivity index (χ4v) is 4.22. The number of halogens is 4. The van der Waals surface area contributed by atoms with Crippen LogP contribution in [-0.2, 0) is 12.7 Å². The van der Waals surface area contributed by atoms with Crippen LogP contribution < -0.4 is 10.2 Å². The van der Waals surface area contributed by atoms with E-state index in [2.05, 4.69) is 42.1 Å². The van der Waals surface area contributed by atoms with Gasteiger partial charge >= 0.3 is 6.18 Å². The van der Waals surface area contributed by atoms with Crippen molar-refractivity contribution in [1.82, 2.24) is 24.8 Å². The van der Waals surface area contributed by atoms with Crippen molar-refractivity contribution in [2.45, 2.75) is 12.7 Å². The third-order valence-electron chi connectivity index (χ3n) is 6.36. The molecule has 5 rings (SSSR count). The maximum Gasteiger partial charge on any atom is 0.417 e. The average molecular weight is 510 g/mol. The summed E-state index contributed by atoms with van der Waals surface area (Å²) in [5, 5.41) is 12.7. The van der Waals surface area contributed by atoms with Crippen molar-refractivity contribution in [3.8, 4) is 17.3 Å². The van der Waals surface area contributed by atoms with E-state index in [0.29, 0.717) is 5.56 Å². The fourth-order valence-electron chi connectivity index (χ4n) is 4.22. The number of piperazine rings is 1. The molecule has 4 heterocycles. The van der Waals surface area contributed by atoms with Crippen molar-refractivity contribution in [3.63, 3.8) is 0 Å². The van der Waals surface area contributed by atoms with Crippen LogP contribution in [0.1, 0.15) is 16.7 Å². The zero-order valence-corrected chi connectivity index (χ0v) is 19.8. The van der Waals surface area contributed by atoms with E-state index in [1.54, 1.807) is 6.07 Å². The van der Waals surface area contributed by atoms with Gasteiger partial charge in [0.15, 0.2) is 0 Å². The molecule has 0 unspecified atom stereocenters. The minimum absolute atomic E-state index is 0.0755. The molecule has 0 bridgehead atoms. The quantitative estimate of drug-likeness (QED) is 0.384. The number of aromatic nitrogens is 4. The molecule has 3 aromatic heterocycles. The Kier molecular flexibility index (Phi) is 6.39. The number of likely N-dealkylation sites (N-methyl/N-ethyl adjacent to an activating group) is 1. The molecule has 12 heteroatoms. The predicted molar refractivity (Wildman–Crippen MR) is 130 cm³/mol. The molecular formula is C25H22F4N8. The maximum atomic E-state index is 14.9. The highest BCUT2D eigenvalue weighted by Gasteiger charge is 2.31. The number of benzene rings is 1. The van der Waals surface area contributed by atoms with E-state index in [-0.39, 0.29) is 46.2 Å². The molecule has 1 saturated heterocycles. The van der Waals surface area contributed by atoms with Crippen LogP contribution in [0.25, 0.3) is 22.3 Å². The highest BCUT2D eigenvalue weighted by atomic mass is 19.4. The van der Waals surface area contributed by atoms with Crippen molar-refractivity contribution < 1.29 is 17.6 Å². The Bertz CT molecular complexity index is 1480. The van der Waals surface area contributed by atoms with Crippen LogP contribution in [0, 0.1) is 17.1 Å². The molecular weight excluding hydrogens is 488 g/mol. The predicted octanol–water partition coefficient (Wildman–Crippen LogP) is 4.41. The largest absolute Gasteiger partial charge is 0.417 e. The van der Waals surface area contributed by atoms with Crippen molar-refractivity contribution in [2.24, 2.45) is 0 Å². The number of anilines is 2. The number of nitriles is 1. The zero-order valence-electron chi connectivity index (χ0n) is 19.8. The van der Waals surface area contributed by atoms with Crippen molar-refractivity contribution in [2.75, 3.05) is 43.4 Å². The van der Waals surface area contributed by atoms with Gasteiger partial charge in [0.1, 0.15) is 17.5 Å². The first-order valence-corrected chi connectivity index (χ1v) is 11.5. The zero-order chi connectivity index (χ0) is 26.2. The molecule has 1 aliphatic rings. The number of hydrogen-bond acceptors (Lipinski definition) is 7. The standard InChI is InChI=1S/C25H22F4N8/c1-36-4-6-37(7-5-36)18-3-2-15(21(26)9-18)11-33-24-34-12-16(10-30)22(35-24)20-14-32-23-19(20)8-17(13-31-23)25(27,28)29/h2-3,8-9,12-14H,4-7,11H2,1H3,(H,31,32)(H,33,34,35). The van der Waals surface area contributed by atoms with Crippen molar-refractivity contribution in [3.05, 3.63) is 65.4 Å². The number of nitrogens with one attached hydrogen (secondary N) is 2. The molecule has 0 amide bonds. The summed E-state index contributed by atoms with van der Waals surface area (Å²) in [5.74, 6) is -0.272. The molecule has 2 N–H and O–H groups in total. The summed E-state index contributed by atoms with van der Waals surface area (Å²) in [6, 6.07) is 8.00. The van der Waals surface area contributed by atoms with Crippen LogP contribution in [0.15, 0.2) is 42.9 Å². The van der Waals surface area contributed by atoms with Crippen LogP contribution in [-0.4, -0.2) is 58.1 Å². The number of rotatable bonds is 5. The minimum atomic E-state index is -4.57. The lowest BCUT2D eigenvalue weighted by molar-refractivity contribution is -0.137. The number of aromatic amines is 1. The van der Waals surface area contributed by atoms with Crippen LogP contribution >= 0.6 is 0 Å². The third kappa shape index (κ3) is 5.03. The van der Waals surface area contributed by atoms with Crippen LogP contribution in [0.5, 0.6) is 0 Å². The van der Waals surface area contributed by atoms with Crippen LogP contribution in [0.2, 0.25) is 0 Å². The monoisotopic (exact) mass is 510 g/mol. The number of alkyl halides is 3. The lowest BCUT2D eigenvalue weighted by atomic mass is 10.1. The molecule has 190 valence electrons. The van der Waals surface area contributed by atoms with Gasteiger partial charge in [-0.3, -0.25) is 0 Å². The van der Waals surface area contributed by atoms with Gasteiger partial charge in [-0.25, -0.2) is 19.3 Å². The summed E-state index contributed by atoms with van der Waals surface area (Å²) >= 11 is 0. The molecule has 1 aromatic carbocycles. The molecule has 0 atom stereocenters. The lowest BCUT2D eigenvalue weighted by Gasteiger charge is -2.34. The molecule has 1 fully saturated rings. The highest BCUT2D eigenvalue weighted by Crippen LogP contribution is 2.34. The topological polar surface area (TPSA) is 96.8 Å². The SMILES string of the molecule is CN1CCN(c2ccc(CNc3ncc(C#N)c(-c4c[nH]c5ncc(C(F)(F)F)cc45)n3)c(F)c2)CC1. The first-order valence-electron chi connectivity index (χ1n) is 11.5. The van der Waals surface area contributed by atoms with E-state index < -0.39 is 11.7 Å². The van der Waals surface area contributed by atoms with Gasteiger partial charge in [0, 0.05) is 67.3 Å². The number of fused-ring (bicyclic) bond motifs is 1. The normalized spacial score (nSPS) is 14.6. The Morgan fingerprint density at radius 2 is 1.89 bits per heavy atom. The Morgan fingerprint density at radius 3 is 2.59 bits per heavy atom. The van der Waals surface area contributed by atoms with Gasteiger partial charge in [0.05, 0.1) is 23.0 Å². The molecule has 0 aliphatic carbocycles. The number of pyridine rings is 1. The summed E-state index contributed by atoms with van der Waals surface area (Å²) in [7, 11) is 2.05. The van der Waals surface area contributed by atoms with Gasteiger partial charge in [-0.1, -0.05) is 6.07 Å². The van der Waals surface area contributed by atoms with Crippen molar-refractivity contribution in [1.29, 1.82) is 5.26 Å². The number of hydrogen-bond donors (Lipinski definition) is 2. The van der Waals surface area contributed by atoms with E-state index in [9.17, 15) is 22.8 Å². The Hall–Kier alpha value is -4.24. The molecule has 1 aliphatic heterocycles. The second kappa shape index (κ2) is 9.67. The fraction of sp³-hybridized carbons (Fsp3) is 0.280. The number of H-pyrrole nitrogens is 1. The second-order valence-corrected chi connectivity index (χ2v) is 8.81. The van der Waals surface area contributed by atoms with E-state index in [1.165, 1.54) is 18.5 Å². The summed E-state index contributed by atoms with van der Waals surface area (Å²) in [6.45, 7) is 3.54. The summed E-state index contributed by atoms with van der Waals surface area (Å²) in [4.78, 5) is 19.5. The Labute approximate surface area is 209 Å². The second-order valence-electron chi connectivity index (χ2n) is 8.81. The van der Waals surface area contributed by atoms with E-state index in [0.717, 1.165) is 44.1 Å². The lowest BCUT2D eigenvalue weighted by Crippen LogP contribution is -2.44. The van der Waals surface area contributed by atoms with E-state index in [1.807, 2.05) is 12.1 Å². The summed E-state index contributed by atoms with van der Waals surface area (Å²) in [5.41, 5.74) is 1.02. The molecule has 0 spiro atoms. The smallest absolute Gasteiger partial charge is 0.369 e. The average Bonchev–Trinajstić information content (AvgIpc) is 3.31. The minimum Gasteiger partial charge on any atom is -0.369 e. The van der Waals surface area contributed by atoms with Crippen LogP contribution in [0.3, 0.4) is 0 Å². The third-order valence-corrected chi connectivity index (χ3v) is 6.36. The Balaban J connectivity index is 1.39. The highest BCUT2D eigenvalue weighted by molar-refractivity contribution is 5.94. The summed E-state index contributed by atoms with van der Waals surface area (Å²) in [6.07, 6.45) is -1.11. The summed E-state index contributed by atoms with van der Waals surface area (Å²) < 4.78 is 54.5. The van der Waals surface area contributed by atoms with Gasteiger partial charge in [-0.2, -0.15) is 18.4 Å². The van der Waals surface area contributed by atoms with Gasteiger partial charge in [0.2, 0.25) is 5.95 Å². The molecule has 4 aromatic rings. The molecule has 37 heavy (non-hydrogen) atoms. The first-order chi connectivity index (χ1) is 17.7. The van der Waals surface area contributed by atoms with Crippen molar-refractivity contribution >= 4 is 22.7 Å². The molecule has 0 radical (unpaired) electrons. The van der Waals surface area contributed by atoms with Gasteiger partial charge in [-0.15, -0.1) is 0 Å². The van der Waals surface area contributed by atoms with Gasteiger partial charge in [0.25, 0.3) is 0 Å². The van der Waals surface area contributed by atoms with E-state index in [4.69, 9.17) is 0 Å². The maximum absolute atomic E-state index is 14.9. The van der Waals surface area contributed by atoms with Gasteiger partial charge < -0.3 is 20.1 Å². The number of nitrogens with zero attached hydrogens (tertiary/aromatic N) is 6. The molecule has 8 nitrogen and oxygen atoms in total. The Morgan fingerprint density at radius 1 is 1.11 bits per heavy atom. The van der Waals surface area contributed by atoms with Gasteiger partial charge in [-0.05, 0) is 25.2 Å². The van der Waals surface area contributed by atoms with E-state index >= 15 is 0 Å². The first kappa shape index (κ1) is 24.5. The van der Waals surface area contributed by atoms with Crippen LogP contribution in [0.4, 0.5) is 29.2 Å².